The summed E-state index contributed by atoms with van der Waals surface area (Å²) >= 11 is 0. The standard InChI is InChI=1S/C27H27N7O2/c1-27(2,15-23(35)34-26-29-11-12-30-26)9-10-28-25(36)18-7-8-20-21(14-18)33-24(32-20)22-13-17-5-3-4-6-19(17)16-31-22/h3-8,11-14,16H,9-10,15H2,1-2H3,(H,28,36)(H,32,33)(H2,29,30,34,35). The summed E-state index contributed by atoms with van der Waals surface area (Å²) in [7, 11) is 0. The number of H-pyrrole nitrogens is 2. The fraction of sp³-hybridized carbons (Fsp3) is 0.222. The Morgan fingerprint density at radius 2 is 1.86 bits per heavy atom. The fourth-order valence-corrected chi connectivity index (χ4v) is 4.13. The summed E-state index contributed by atoms with van der Waals surface area (Å²) in [6.45, 7) is 4.45. The predicted octanol–water partition coefficient (Wildman–Crippen LogP) is 4.68. The number of pyridine rings is 1. The molecular formula is C27H27N7O2. The maximum atomic E-state index is 12.8. The molecule has 0 aliphatic rings. The van der Waals surface area contributed by atoms with Gasteiger partial charge in [-0.25, -0.2) is 9.97 Å². The second-order valence-electron chi connectivity index (χ2n) is 9.57. The van der Waals surface area contributed by atoms with Crippen molar-refractivity contribution >= 4 is 39.6 Å². The molecule has 0 saturated carbocycles. The van der Waals surface area contributed by atoms with Crippen molar-refractivity contribution in [1.29, 1.82) is 0 Å². The van der Waals surface area contributed by atoms with Crippen molar-refractivity contribution in [2.75, 3.05) is 11.9 Å². The second kappa shape index (κ2) is 9.61. The maximum Gasteiger partial charge on any atom is 0.251 e. The van der Waals surface area contributed by atoms with Crippen molar-refractivity contribution in [2.24, 2.45) is 5.41 Å². The van der Waals surface area contributed by atoms with Crippen LogP contribution >= 0.6 is 0 Å². The van der Waals surface area contributed by atoms with Gasteiger partial charge in [0.2, 0.25) is 11.9 Å². The Bertz CT molecular complexity index is 1540. The number of aromatic amines is 2. The SMILES string of the molecule is CC(C)(CCNC(=O)c1ccc2nc(-c3cc4ccccc4cn3)[nH]c2c1)CC(=O)Nc1ncc[nH]1. The third-order valence-corrected chi connectivity index (χ3v) is 6.10. The number of carbonyl (C=O) groups is 2. The monoisotopic (exact) mass is 481 g/mol. The molecule has 36 heavy (non-hydrogen) atoms. The number of rotatable bonds is 8. The van der Waals surface area contributed by atoms with Gasteiger partial charge in [-0.3, -0.25) is 19.9 Å². The molecule has 5 aromatic rings. The van der Waals surface area contributed by atoms with E-state index in [0.29, 0.717) is 36.7 Å². The summed E-state index contributed by atoms with van der Waals surface area (Å²) in [6.07, 6.45) is 6.03. The zero-order valence-electron chi connectivity index (χ0n) is 20.1. The lowest BCUT2D eigenvalue weighted by Gasteiger charge is -2.23. The number of hydrogen-bond acceptors (Lipinski definition) is 5. The number of hydrogen-bond donors (Lipinski definition) is 4. The maximum absolute atomic E-state index is 12.8. The molecule has 0 saturated heterocycles. The van der Waals surface area contributed by atoms with Gasteiger partial charge in [0, 0.05) is 42.5 Å². The number of nitrogens with one attached hydrogen (secondary N) is 4. The number of carbonyl (C=O) groups excluding carboxylic acids is 2. The largest absolute Gasteiger partial charge is 0.352 e. The number of fused-ring (bicyclic) bond motifs is 2. The van der Waals surface area contributed by atoms with Crippen LogP contribution in [0.3, 0.4) is 0 Å². The van der Waals surface area contributed by atoms with Crippen LogP contribution < -0.4 is 10.6 Å². The van der Waals surface area contributed by atoms with E-state index in [0.717, 1.165) is 27.5 Å². The third kappa shape index (κ3) is 5.25. The minimum atomic E-state index is -0.293. The van der Waals surface area contributed by atoms with Gasteiger partial charge in [-0.1, -0.05) is 38.1 Å². The Kier molecular flexibility index (Phi) is 6.20. The van der Waals surface area contributed by atoms with E-state index >= 15 is 0 Å². The van der Waals surface area contributed by atoms with Gasteiger partial charge in [-0.05, 0) is 41.5 Å². The van der Waals surface area contributed by atoms with Gasteiger partial charge in [0.25, 0.3) is 5.91 Å². The molecule has 0 fully saturated rings. The molecule has 0 aliphatic carbocycles. The number of aromatic nitrogens is 5. The van der Waals surface area contributed by atoms with E-state index in [9.17, 15) is 9.59 Å². The molecule has 0 bridgehead atoms. The normalized spacial score (nSPS) is 11.6. The highest BCUT2D eigenvalue weighted by atomic mass is 16.2. The molecule has 2 aromatic carbocycles. The van der Waals surface area contributed by atoms with Gasteiger partial charge in [0.1, 0.15) is 5.69 Å². The van der Waals surface area contributed by atoms with Crippen LogP contribution in [-0.4, -0.2) is 43.3 Å². The van der Waals surface area contributed by atoms with Crippen LogP contribution in [0.1, 0.15) is 37.0 Å². The van der Waals surface area contributed by atoms with Gasteiger partial charge in [-0.15, -0.1) is 0 Å². The Labute approximate surface area is 207 Å². The van der Waals surface area contributed by atoms with Gasteiger partial charge >= 0.3 is 0 Å². The van der Waals surface area contributed by atoms with Crippen LogP contribution in [0.4, 0.5) is 5.95 Å². The summed E-state index contributed by atoms with van der Waals surface area (Å²) in [6, 6.07) is 15.4. The lowest BCUT2D eigenvalue weighted by Crippen LogP contribution is -2.30. The number of nitrogens with zero attached hydrogens (tertiary/aromatic N) is 3. The molecular weight excluding hydrogens is 454 g/mol. The molecule has 2 amide bonds. The average molecular weight is 482 g/mol. The van der Waals surface area contributed by atoms with Crippen LogP contribution in [0.15, 0.2) is 67.1 Å². The van der Waals surface area contributed by atoms with E-state index in [1.54, 1.807) is 24.5 Å². The van der Waals surface area contributed by atoms with Gasteiger partial charge in [0.05, 0.1) is 11.0 Å². The summed E-state index contributed by atoms with van der Waals surface area (Å²) in [5, 5.41) is 7.85. The van der Waals surface area contributed by atoms with E-state index in [1.807, 2.05) is 56.4 Å². The van der Waals surface area contributed by atoms with Crippen LogP contribution in [0.2, 0.25) is 0 Å². The van der Waals surface area contributed by atoms with Crippen LogP contribution in [0.5, 0.6) is 0 Å². The van der Waals surface area contributed by atoms with Crippen molar-refractivity contribution < 1.29 is 9.59 Å². The highest BCUT2D eigenvalue weighted by molar-refractivity contribution is 5.97. The zero-order valence-corrected chi connectivity index (χ0v) is 20.1. The lowest BCUT2D eigenvalue weighted by atomic mass is 9.85. The summed E-state index contributed by atoms with van der Waals surface area (Å²) in [5.41, 5.74) is 2.52. The fourth-order valence-electron chi connectivity index (χ4n) is 4.13. The zero-order chi connectivity index (χ0) is 25.1. The van der Waals surface area contributed by atoms with Crippen LogP contribution in [0, 0.1) is 5.41 Å². The first-order valence-electron chi connectivity index (χ1n) is 11.8. The number of anilines is 1. The first-order chi connectivity index (χ1) is 17.4. The van der Waals surface area contributed by atoms with E-state index < -0.39 is 0 Å². The average Bonchev–Trinajstić information content (AvgIpc) is 3.52. The van der Waals surface area contributed by atoms with Gasteiger partial charge in [-0.2, -0.15) is 0 Å². The number of imidazole rings is 2. The predicted molar refractivity (Wildman–Crippen MR) is 139 cm³/mol. The minimum absolute atomic E-state index is 0.123. The second-order valence-corrected chi connectivity index (χ2v) is 9.57. The van der Waals surface area contributed by atoms with Crippen molar-refractivity contribution in [1.82, 2.24) is 30.2 Å². The molecule has 0 aliphatic heterocycles. The topological polar surface area (TPSA) is 128 Å². The number of amides is 2. The molecule has 9 nitrogen and oxygen atoms in total. The molecule has 182 valence electrons. The van der Waals surface area contributed by atoms with E-state index in [1.165, 1.54) is 0 Å². The van der Waals surface area contributed by atoms with Gasteiger partial charge < -0.3 is 15.3 Å². The molecule has 0 unspecified atom stereocenters. The van der Waals surface area contributed by atoms with E-state index in [2.05, 4.69) is 35.6 Å². The molecule has 0 atom stereocenters. The van der Waals surface area contributed by atoms with Crippen molar-refractivity contribution in [3.8, 4) is 11.5 Å². The van der Waals surface area contributed by atoms with Crippen LogP contribution in [-0.2, 0) is 4.79 Å². The summed E-state index contributed by atoms with van der Waals surface area (Å²) in [5.74, 6) is 0.788. The Morgan fingerprint density at radius 1 is 1.03 bits per heavy atom. The number of benzene rings is 2. The molecule has 0 spiro atoms. The molecule has 3 heterocycles. The first-order valence-corrected chi connectivity index (χ1v) is 11.8. The molecule has 0 radical (unpaired) electrons. The van der Waals surface area contributed by atoms with Crippen molar-refractivity contribution in [3.63, 3.8) is 0 Å². The van der Waals surface area contributed by atoms with E-state index in [-0.39, 0.29) is 17.2 Å². The minimum Gasteiger partial charge on any atom is -0.352 e. The Morgan fingerprint density at radius 3 is 2.67 bits per heavy atom. The smallest absolute Gasteiger partial charge is 0.251 e. The molecule has 5 rings (SSSR count). The van der Waals surface area contributed by atoms with Crippen molar-refractivity contribution in [2.45, 2.75) is 26.7 Å². The Hall–Kier alpha value is -4.53. The summed E-state index contributed by atoms with van der Waals surface area (Å²) in [4.78, 5) is 44.4. The Balaban J connectivity index is 1.20. The van der Waals surface area contributed by atoms with Gasteiger partial charge in [0.15, 0.2) is 5.82 Å². The van der Waals surface area contributed by atoms with E-state index in [4.69, 9.17) is 0 Å². The highest BCUT2D eigenvalue weighted by Crippen LogP contribution is 2.25. The third-order valence-electron chi connectivity index (χ3n) is 6.10. The van der Waals surface area contributed by atoms with Crippen molar-refractivity contribution in [3.05, 3.63) is 72.7 Å². The van der Waals surface area contributed by atoms with Crippen LogP contribution in [0.25, 0.3) is 33.3 Å². The molecule has 3 aromatic heterocycles. The highest BCUT2D eigenvalue weighted by Gasteiger charge is 2.23. The summed E-state index contributed by atoms with van der Waals surface area (Å²) < 4.78 is 0. The molecule has 4 N–H and O–H groups in total. The molecule has 9 heteroatoms. The lowest BCUT2D eigenvalue weighted by molar-refractivity contribution is -0.118. The quantitative estimate of drug-likeness (QED) is 0.256. The first kappa shape index (κ1) is 23.2.